The molecule has 0 aliphatic carbocycles. The van der Waals surface area contributed by atoms with Gasteiger partial charge in [0, 0.05) is 34.8 Å². The number of amides is 2. The van der Waals surface area contributed by atoms with Crippen molar-refractivity contribution in [3.05, 3.63) is 83.9 Å². The van der Waals surface area contributed by atoms with Crippen LogP contribution in [0, 0.1) is 0 Å². The summed E-state index contributed by atoms with van der Waals surface area (Å²) in [5.74, 6) is -4.46. The number of aromatic hydroxyl groups is 2. The van der Waals surface area contributed by atoms with Crippen molar-refractivity contribution in [2.45, 2.75) is 12.1 Å². The first-order chi connectivity index (χ1) is 17.8. The number of hydrogen-bond donors (Lipinski definition) is 5. The Morgan fingerprint density at radius 3 is 1.62 bits per heavy atom. The van der Waals surface area contributed by atoms with E-state index in [0.717, 1.165) is 33.7 Å². The molecule has 0 saturated carbocycles. The Kier molecular flexibility index (Phi) is 9.86. The average Bonchev–Trinajstić information content (AvgIpc) is 3.22. The summed E-state index contributed by atoms with van der Waals surface area (Å²) in [7, 11) is 2.13. The lowest BCUT2D eigenvalue weighted by Crippen LogP contribution is -2.46. The molecule has 2 amide bonds. The maximum Gasteiger partial charge on any atom is 0.356 e. The molecule has 0 radical (unpaired) electrons. The van der Waals surface area contributed by atoms with Gasteiger partial charge in [-0.25, -0.2) is 9.59 Å². The van der Waals surface area contributed by atoms with Crippen molar-refractivity contribution < 1.29 is 39.3 Å². The van der Waals surface area contributed by atoms with E-state index in [4.69, 9.17) is 4.84 Å². The van der Waals surface area contributed by atoms with Crippen LogP contribution in [0.4, 0.5) is 0 Å². The highest BCUT2D eigenvalue weighted by atomic mass is 33.1. The molecule has 2 atom stereocenters. The summed E-state index contributed by atoms with van der Waals surface area (Å²) in [6.45, 7) is 0. The number of benzene rings is 2. The molecule has 0 bridgehead atoms. The maximum absolute atomic E-state index is 12.8. The number of carboxylic acids is 1. The van der Waals surface area contributed by atoms with Gasteiger partial charge in [0.05, 0.1) is 0 Å². The van der Waals surface area contributed by atoms with E-state index in [9.17, 15) is 34.5 Å². The van der Waals surface area contributed by atoms with E-state index >= 15 is 0 Å². The van der Waals surface area contributed by atoms with Crippen molar-refractivity contribution in [2.75, 3.05) is 11.5 Å². The molecule has 13 heteroatoms. The molecule has 3 aromatic rings. The summed E-state index contributed by atoms with van der Waals surface area (Å²) < 4.78 is 0.501. The van der Waals surface area contributed by atoms with Crippen LogP contribution >= 0.6 is 21.6 Å². The standard InChI is InChI=1S/C24H23N3O8S2/c28-19-11-12-20(29)27(19)35-24(34)18(26-22(31)16-9-5-2-6-10-16)14-37-36-13-17(23(32)33)25-21(30)15-7-3-1-4-8-15/h1-12,17-18,28-29H,13-14H2,(H,25,30)(H,26,31)(H,32,33). The quantitative estimate of drug-likeness (QED) is 0.168. The van der Waals surface area contributed by atoms with Crippen LogP contribution in [0.1, 0.15) is 20.7 Å². The smallest absolute Gasteiger partial charge is 0.356 e. The Balaban J connectivity index is 1.61. The zero-order valence-corrected chi connectivity index (χ0v) is 20.8. The van der Waals surface area contributed by atoms with Crippen molar-refractivity contribution in [3.63, 3.8) is 0 Å². The van der Waals surface area contributed by atoms with Crippen molar-refractivity contribution in [3.8, 4) is 11.8 Å². The fourth-order valence-corrected chi connectivity index (χ4v) is 5.19. The maximum atomic E-state index is 12.8. The zero-order valence-electron chi connectivity index (χ0n) is 19.1. The van der Waals surface area contributed by atoms with E-state index in [1.54, 1.807) is 60.7 Å². The third-order valence-electron chi connectivity index (χ3n) is 4.80. The van der Waals surface area contributed by atoms with Gasteiger partial charge < -0.3 is 30.8 Å². The number of nitrogens with zero attached hydrogens (tertiary/aromatic N) is 1. The predicted octanol–water partition coefficient (Wildman–Crippen LogP) is 1.92. The summed E-state index contributed by atoms with van der Waals surface area (Å²) in [5.41, 5.74) is 0.605. The Labute approximate surface area is 219 Å². The Hall–Kier alpha value is -4.10. The molecule has 2 aromatic carbocycles. The van der Waals surface area contributed by atoms with E-state index in [-0.39, 0.29) is 11.5 Å². The van der Waals surface area contributed by atoms with E-state index < -0.39 is 47.6 Å². The summed E-state index contributed by atoms with van der Waals surface area (Å²) in [4.78, 5) is 54.3. The number of carbonyl (C=O) groups excluding carboxylic acids is 3. The summed E-state index contributed by atoms with van der Waals surface area (Å²) >= 11 is 0. The van der Waals surface area contributed by atoms with Gasteiger partial charge in [-0.2, -0.15) is 0 Å². The van der Waals surface area contributed by atoms with Crippen molar-refractivity contribution in [1.82, 2.24) is 15.4 Å². The second-order valence-electron chi connectivity index (χ2n) is 7.45. The minimum absolute atomic E-state index is 0.0356. The van der Waals surface area contributed by atoms with Crippen molar-refractivity contribution in [2.24, 2.45) is 0 Å². The van der Waals surface area contributed by atoms with Gasteiger partial charge in [0.2, 0.25) is 11.8 Å². The van der Waals surface area contributed by atoms with Crippen LogP contribution in [0.25, 0.3) is 0 Å². The van der Waals surface area contributed by atoms with Crippen molar-refractivity contribution >= 4 is 45.3 Å². The Bertz CT molecular complexity index is 1220. The number of rotatable bonds is 12. The van der Waals surface area contributed by atoms with Gasteiger partial charge in [0.25, 0.3) is 11.8 Å². The van der Waals surface area contributed by atoms with Crippen LogP contribution < -0.4 is 15.5 Å². The van der Waals surface area contributed by atoms with E-state index in [1.807, 2.05) is 0 Å². The second-order valence-corrected chi connectivity index (χ2v) is 10.00. The minimum Gasteiger partial charge on any atom is -0.492 e. The van der Waals surface area contributed by atoms with Gasteiger partial charge >= 0.3 is 11.9 Å². The zero-order chi connectivity index (χ0) is 26.8. The molecule has 2 unspecified atom stereocenters. The highest BCUT2D eigenvalue weighted by Crippen LogP contribution is 2.24. The fraction of sp³-hybridized carbons (Fsp3) is 0.167. The molecule has 0 fully saturated rings. The molecule has 37 heavy (non-hydrogen) atoms. The summed E-state index contributed by atoms with van der Waals surface area (Å²) in [5, 5.41) is 34.0. The van der Waals surface area contributed by atoms with Crippen LogP contribution in [0.5, 0.6) is 11.8 Å². The van der Waals surface area contributed by atoms with Gasteiger partial charge in [-0.05, 0) is 24.3 Å². The molecule has 0 aliphatic heterocycles. The molecule has 1 heterocycles. The highest BCUT2D eigenvalue weighted by molar-refractivity contribution is 8.76. The monoisotopic (exact) mass is 545 g/mol. The first-order valence-electron chi connectivity index (χ1n) is 10.8. The van der Waals surface area contributed by atoms with E-state index in [1.165, 1.54) is 0 Å². The average molecular weight is 546 g/mol. The first kappa shape index (κ1) is 27.5. The molecule has 0 spiro atoms. The van der Waals surface area contributed by atoms with E-state index in [2.05, 4.69) is 10.6 Å². The molecule has 5 N–H and O–H groups in total. The summed E-state index contributed by atoms with van der Waals surface area (Å²) in [6, 6.07) is 16.1. The minimum atomic E-state index is -1.23. The van der Waals surface area contributed by atoms with Gasteiger partial charge in [-0.15, -0.1) is 4.73 Å². The predicted molar refractivity (Wildman–Crippen MR) is 137 cm³/mol. The second kappa shape index (κ2) is 13.3. The molecular formula is C24H23N3O8S2. The van der Waals surface area contributed by atoms with Crippen LogP contribution in [0.15, 0.2) is 72.8 Å². The van der Waals surface area contributed by atoms with Crippen LogP contribution in [-0.4, -0.2) is 67.4 Å². The molecule has 3 rings (SSSR count). The topological polar surface area (TPSA) is 167 Å². The number of carboxylic acid groups (broad SMARTS) is 1. The number of nitrogens with one attached hydrogen (secondary N) is 2. The fourth-order valence-electron chi connectivity index (χ4n) is 2.89. The Morgan fingerprint density at radius 1 is 0.730 bits per heavy atom. The molecule has 0 aliphatic rings. The largest absolute Gasteiger partial charge is 0.492 e. The first-order valence-corrected chi connectivity index (χ1v) is 13.3. The lowest BCUT2D eigenvalue weighted by atomic mass is 10.2. The number of aliphatic carboxylic acids is 1. The normalized spacial score (nSPS) is 12.2. The molecule has 1 aromatic heterocycles. The highest BCUT2D eigenvalue weighted by Gasteiger charge is 2.27. The third-order valence-corrected chi connectivity index (χ3v) is 7.22. The van der Waals surface area contributed by atoms with Crippen LogP contribution in [-0.2, 0) is 9.59 Å². The lowest BCUT2D eigenvalue weighted by Gasteiger charge is -2.18. The van der Waals surface area contributed by atoms with Gasteiger partial charge in [-0.1, -0.05) is 58.0 Å². The van der Waals surface area contributed by atoms with Crippen LogP contribution in [0.3, 0.4) is 0 Å². The third kappa shape index (κ3) is 7.95. The number of aromatic nitrogens is 1. The molecular weight excluding hydrogens is 522 g/mol. The number of hydrogen-bond acceptors (Lipinski definition) is 9. The lowest BCUT2D eigenvalue weighted by molar-refractivity contribution is -0.147. The van der Waals surface area contributed by atoms with E-state index in [0.29, 0.717) is 15.9 Å². The summed E-state index contributed by atoms with van der Waals surface area (Å²) in [6.07, 6.45) is 0. The molecule has 194 valence electrons. The van der Waals surface area contributed by atoms with Crippen LogP contribution in [0.2, 0.25) is 0 Å². The molecule has 0 saturated heterocycles. The van der Waals surface area contributed by atoms with Gasteiger partial charge in [0.1, 0.15) is 12.1 Å². The van der Waals surface area contributed by atoms with Crippen molar-refractivity contribution in [1.29, 1.82) is 0 Å². The molecule has 11 nitrogen and oxygen atoms in total. The number of carbonyl (C=O) groups is 4. The van der Waals surface area contributed by atoms with Gasteiger partial charge in [0.15, 0.2) is 0 Å². The SMILES string of the molecule is O=C(NC(CSSCC(NC(=O)c1ccccc1)C(=O)On1c(O)ccc1O)C(=O)O)c1ccccc1. The Morgan fingerprint density at radius 2 is 1.16 bits per heavy atom. The van der Waals surface area contributed by atoms with Gasteiger partial charge in [-0.3, -0.25) is 9.59 Å².